The Hall–Kier alpha value is -4.33. The van der Waals surface area contributed by atoms with E-state index in [2.05, 4.69) is 4.99 Å². The lowest BCUT2D eigenvalue weighted by Crippen LogP contribution is -2.33. The molecule has 1 heterocycles. The number of carbonyl (C=O) groups is 1. The molecule has 7 nitrogen and oxygen atoms in total. The minimum Gasteiger partial charge on any atom is -0.494 e. The fraction of sp³-hybridized carbons (Fsp3) is 0.0833. The maximum absolute atomic E-state index is 14.6. The third kappa shape index (κ3) is 4.11. The molecule has 0 aromatic heterocycles. The number of hydrogen-bond acceptors (Lipinski definition) is 5. The molecule has 4 rings (SSSR count). The Morgan fingerprint density at radius 2 is 1.75 bits per heavy atom. The van der Waals surface area contributed by atoms with Gasteiger partial charge in [0.1, 0.15) is 17.3 Å². The van der Waals surface area contributed by atoms with Gasteiger partial charge in [0.15, 0.2) is 5.84 Å². The largest absolute Gasteiger partial charge is 0.494 e. The molecule has 0 N–H and O–H groups in total. The zero-order chi connectivity index (χ0) is 22.7. The van der Waals surface area contributed by atoms with Crippen molar-refractivity contribution in [2.24, 2.45) is 4.99 Å². The predicted octanol–water partition coefficient (Wildman–Crippen LogP) is 4.97. The number of amides is 1. The third-order valence-corrected chi connectivity index (χ3v) is 4.79. The summed E-state index contributed by atoms with van der Waals surface area (Å²) in [7, 11) is 0. The molecule has 0 aliphatic carbocycles. The Labute approximate surface area is 183 Å². The SMILES string of the molecule is CCOc1ccc(N2C(=O)/C(=C\c3ccc([N+](=O)[O-])cc3)N=C2c2ccccc2F)cc1. The maximum Gasteiger partial charge on any atom is 0.282 e. The summed E-state index contributed by atoms with van der Waals surface area (Å²) in [5.74, 6) is -0.142. The fourth-order valence-corrected chi connectivity index (χ4v) is 3.29. The summed E-state index contributed by atoms with van der Waals surface area (Å²) in [6.45, 7) is 2.38. The van der Waals surface area contributed by atoms with Gasteiger partial charge in [-0.05, 0) is 67.1 Å². The van der Waals surface area contributed by atoms with Crippen molar-refractivity contribution in [2.75, 3.05) is 11.5 Å². The molecule has 160 valence electrons. The van der Waals surface area contributed by atoms with Crippen LogP contribution in [0.2, 0.25) is 0 Å². The number of nitrogens with zero attached hydrogens (tertiary/aromatic N) is 3. The van der Waals surface area contributed by atoms with Crippen molar-refractivity contribution >= 4 is 29.2 Å². The van der Waals surface area contributed by atoms with E-state index in [-0.39, 0.29) is 22.8 Å². The monoisotopic (exact) mass is 431 g/mol. The van der Waals surface area contributed by atoms with E-state index >= 15 is 0 Å². The van der Waals surface area contributed by atoms with Crippen LogP contribution in [0.1, 0.15) is 18.1 Å². The highest BCUT2D eigenvalue weighted by Crippen LogP contribution is 2.30. The number of nitro benzene ring substituents is 1. The van der Waals surface area contributed by atoms with Gasteiger partial charge in [-0.2, -0.15) is 0 Å². The summed E-state index contributed by atoms with van der Waals surface area (Å²) in [5.41, 5.74) is 1.28. The molecule has 1 aliphatic heterocycles. The predicted molar refractivity (Wildman–Crippen MR) is 119 cm³/mol. The van der Waals surface area contributed by atoms with E-state index in [0.29, 0.717) is 23.6 Å². The molecule has 1 aliphatic rings. The van der Waals surface area contributed by atoms with Gasteiger partial charge in [0.2, 0.25) is 0 Å². The molecule has 0 spiro atoms. The number of halogens is 1. The van der Waals surface area contributed by atoms with Crippen molar-refractivity contribution in [2.45, 2.75) is 6.92 Å². The molecule has 0 fully saturated rings. The third-order valence-electron chi connectivity index (χ3n) is 4.79. The molecule has 0 saturated carbocycles. The van der Waals surface area contributed by atoms with Gasteiger partial charge in [0.05, 0.1) is 22.8 Å². The summed E-state index contributed by atoms with van der Waals surface area (Å²) < 4.78 is 20.0. The molecule has 0 bridgehead atoms. The van der Waals surface area contributed by atoms with Gasteiger partial charge >= 0.3 is 0 Å². The second-order valence-electron chi connectivity index (χ2n) is 6.86. The van der Waals surface area contributed by atoms with E-state index in [4.69, 9.17) is 4.74 Å². The Morgan fingerprint density at radius 1 is 1.06 bits per heavy atom. The second-order valence-corrected chi connectivity index (χ2v) is 6.86. The highest BCUT2D eigenvalue weighted by molar-refractivity contribution is 6.33. The first kappa shape index (κ1) is 20.9. The van der Waals surface area contributed by atoms with Gasteiger partial charge in [-0.25, -0.2) is 9.38 Å². The Balaban J connectivity index is 1.77. The number of nitro groups is 1. The van der Waals surface area contributed by atoms with Gasteiger partial charge in [0, 0.05) is 12.1 Å². The van der Waals surface area contributed by atoms with E-state index in [1.165, 1.54) is 41.3 Å². The van der Waals surface area contributed by atoms with E-state index in [0.717, 1.165) is 0 Å². The number of rotatable bonds is 6. The summed E-state index contributed by atoms with van der Waals surface area (Å²) in [6.07, 6.45) is 1.52. The van der Waals surface area contributed by atoms with Gasteiger partial charge in [-0.1, -0.05) is 12.1 Å². The highest BCUT2D eigenvalue weighted by Gasteiger charge is 2.33. The summed E-state index contributed by atoms with van der Waals surface area (Å²) in [4.78, 5) is 29.4. The number of amidine groups is 1. The number of hydrogen-bond donors (Lipinski definition) is 0. The molecule has 0 saturated heterocycles. The van der Waals surface area contributed by atoms with Crippen LogP contribution >= 0.6 is 0 Å². The van der Waals surface area contributed by atoms with Crippen LogP contribution in [-0.4, -0.2) is 23.3 Å². The van der Waals surface area contributed by atoms with Crippen LogP contribution in [0.4, 0.5) is 15.8 Å². The summed E-state index contributed by atoms with van der Waals surface area (Å²) in [6, 6.07) is 18.7. The average molecular weight is 431 g/mol. The normalized spacial score (nSPS) is 14.6. The average Bonchev–Trinajstić information content (AvgIpc) is 3.11. The van der Waals surface area contributed by atoms with Crippen LogP contribution in [0.25, 0.3) is 6.08 Å². The molecule has 3 aromatic rings. The fourth-order valence-electron chi connectivity index (χ4n) is 3.29. The van der Waals surface area contributed by atoms with Crippen molar-refractivity contribution in [1.29, 1.82) is 0 Å². The molecular weight excluding hydrogens is 413 g/mol. The van der Waals surface area contributed by atoms with E-state index < -0.39 is 16.6 Å². The van der Waals surface area contributed by atoms with Crippen LogP contribution < -0.4 is 9.64 Å². The van der Waals surface area contributed by atoms with Gasteiger partial charge in [0.25, 0.3) is 11.6 Å². The Bertz CT molecular complexity index is 1230. The smallest absolute Gasteiger partial charge is 0.282 e. The van der Waals surface area contributed by atoms with Gasteiger partial charge in [-0.3, -0.25) is 19.8 Å². The van der Waals surface area contributed by atoms with Crippen LogP contribution in [0.15, 0.2) is 83.5 Å². The summed E-state index contributed by atoms with van der Waals surface area (Å²) in [5, 5.41) is 10.9. The molecule has 3 aromatic carbocycles. The molecule has 0 unspecified atom stereocenters. The van der Waals surface area contributed by atoms with Gasteiger partial charge in [-0.15, -0.1) is 0 Å². The standard InChI is InChI=1S/C24H18FN3O4/c1-2-32-19-13-11-17(12-14-19)27-23(20-5-3-4-6-21(20)25)26-22(24(27)29)15-16-7-9-18(10-8-16)28(30)31/h3-15H,2H2,1H3/b22-15+. The second kappa shape index (κ2) is 8.81. The molecule has 0 atom stereocenters. The van der Waals surface area contributed by atoms with E-state index in [1.54, 1.807) is 42.5 Å². The molecule has 32 heavy (non-hydrogen) atoms. The number of aliphatic imine (C=N–C) groups is 1. The molecule has 1 amide bonds. The lowest BCUT2D eigenvalue weighted by molar-refractivity contribution is -0.384. The number of anilines is 1. The zero-order valence-corrected chi connectivity index (χ0v) is 17.1. The Morgan fingerprint density at radius 3 is 2.38 bits per heavy atom. The molecular formula is C24H18FN3O4. The van der Waals surface area contributed by atoms with Crippen molar-refractivity contribution in [3.63, 3.8) is 0 Å². The highest BCUT2D eigenvalue weighted by atomic mass is 19.1. The lowest BCUT2D eigenvalue weighted by atomic mass is 10.1. The number of benzene rings is 3. The topological polar surface area (TPSA) is 85.0 Å². The van der Waals surface area contributed by atoms with Crippen molar-refractivity contribution in [1.82, 2.24) is 0 Å². The van der Waals surface area contributed by atoms with Crippen LogP contribution in [-0.2, 0) is 4.79 Å². The van der Waals surface area contributed by atoms with Crippen LogP contribution in [0.3, 0.4) is 0 Å². The van der Waals surface area contributed by atoms with Crippen molar-refractivity contribution in [3.05, 3.63) is 106 Å². The molecule has 8 heteroatoms. The quantitative estimate of drug-likeness (QED) is 0.313. The first-order valence-corrected chi connectivity index (χ1v) is 9.85. The van der Waals surface area contributed by atoms with E-state index in [9.17, 15) is 19.3 Å². The van der Waals surface area contributed by atoms with Crippen LogP contribution in [0, 0.1) is 15.9 Å². The lowest BCUT2D eigenvalue weighted by Gasteiger charge is -2.19. The number of non-ortho nitro benzene ring substituents is 1. The van der Waals surface area contributed by atoms with Gasteiger partial charge < -0.3 is 4.74 Å². The minimum atomic E-state index is -0.508. The molecule has 0 radical (unpaired) electrons. The van der Waals surface area contributed by atoms with E-state index in [1.807, 2.05) is 6.92 Å². The van der Waals surface area contributed by atoms with Crippen molar-refractivity contribution < 1.29 is 18.8 Å². The number of carbonyl (C=O) groups excluding carboxylic acids is 1. The van der Waals surface area contributed by atoms with Crippen LogP contribution in [0.5, 0.6) is 5.75 Å². The Kier molecular flexibility index (Phi) is 5.76. The summed E-state index contributed by atoms with van der Waals surface area (Å²) >= 11 is 0. The number of ether oxygens (including phenoxy) is 1. The zero-order valence-electron chi connectivity index (χ0n) is 17.1. The van der Waals surface area contributed by atoms with Crippen molar-refractivity contribution in [3.8, 4) is 5.75 Å². The first-order valence-electron chi connectivity index (χ1n) is 9.85. The minimum absolute atomic E-state index is 0.0588. The maximum atomic E-state index is 14.6. The first-order chi connectivity index (χ1) is 15.5.